The summed E-state index contributed by atoms with van der Waals surface area (Å²) in [5.41, 5.74) is 0.127. The Labute approximate surface area is 120 Å². The van der Waals surface area contributed by atoms with Gasteiger partial charge >= 0.3 is 5.97 Å². The summed E-state index contributed by atoms with van der Waals surface area (Å²) in [5.74, 6) is -1.29. The summed E-state index contributed by atoms with van der Waals surface area (Å²) < 4.78 is 26.6. The van der Waals surface area contributed by atoms with Crippen molar-refractivity contribution in [2.24, 2.45) is 0 Å². The number of hydrogen-bond acceptors (Lipinski definition) is 3. The molecule has 0 saturated heterocycles. The molecule has 0 amide bonds. The van der Waals surface area contributed by atoms with Crippen LogP contribution in [-0.4, -0.2) is 19.5 Å². The van der Waals surface area contributed by atoms with Crippen LogP contribution in [0, 0.1) is 0 Å². The Balaban J connectivity index is 2.40. The summed E-state index contributed by atoms with van der Waals surface area (Å²) in [6, 6.07) is 11.8. The Morgan fingerprint density at radius 1 is 1.10 bits per heavy atom. The fourth-order valence-electron chi connectivity index (χ4n) is 1.56. The van der Waals surface area contributed by atoms with Crippen LogP contribution in [0.15, 0.2) is 53.4 Å². The lowest BCUT2D eigenvalue weighted by Gasteiger charge is -2.09. The number of sulfonamides is 1. The zero-order chi connectivity index (χ0) is 14.8. The molecule has 0 saturated carbocycles. The van der Waals surface area contributed by atoms with E-state index in [0.717, 1.165) is 6.07 Å². The van der Waals surface area contributed by atoms with Crippen LogP contribution in [0.1, 0.15) is 10.4 Å². The zero-order valence-electron chi connectivity index (χ0n) is 10.1. The van der Waals surface area contributed by atoms with Crippen LogP contribution in [0.4, 0.5) is 5.69 Å². The number of carboxylic acids is 1. The van der Waals surface area contributed by atoms with Crippen molar-refractivity contribution >= 4 is 33.3 Å². The molecule has 0 aromatic heterocycles. The third-order valence-corrected chi connectivity index (χ3v) is 4.21. The summed E-state index contributed by atoms with van der Waals surface area (Å²) in [6.07, 6.45) is 0. The fourth-order valence-corrected chi connectivity index (χ4v) is 2.84. The quantitative estimate of drug-likeness (QED) is 0.909. The first-order valence-electron chi connectivity index (χ1n) is 5.51. The molecule has 0 fully saturated rings. The van der Waals surface area contributed by atoms with E-state index in [1.807, 2.05) is 0 Å². The standard InChI is InChI=1S/C13H10ClNO4S/c14-12-7-6-10(8-11(12)13(16)17)20(18,19)15-9-4-2-1-3-5-9/h1-8,15H,(H,16,17). The van der Waals surface area contributed by atoms with Gasteiger partial charge in [-0.15, -0.1) is 0 Å². The number of anilines is 1. The van der Waals surface area contributed by atoms with E-state index in [1.165, 1.54) is 12.1 Å². The Hall–Kier alpha value is -2.05. The topological polar surface area (TPSA) is 83.5 Å². The van der Waals surface area contributed by atoms with E-state index in [0.29, 0.717) is 5.69 Å². The predicted octanol–water partition coefficient (Wildman–Crippen LogP) is 2.84. The Morgan fingerprint density at radius 2 is 1.75 bits per heavy atom. The SMILES string of the molecule is O=C(O)c1cc(S(=O)(=O)Nc2ccccc2)ccc1Cl. The summed E-state index contributed by atoms with van der Waals surface area (Å²) >= 11 is 5.71. The van der Waals surface area contributed by atoms with E-state index in [9.17, 15) is 13.2 Å². The summed E-state index contributed by atoms with van der Waals surface area (Å²) in [7, 11) is -3.86. The molecular weight excluding hydrogens is 302 g/mol. The first-order valence-corrected chi connectivity index (χ1v) is 7.37. The predicted molar refractivity (Wildman–Crippen MR) is 75.7 cm³/mol. The van der Waals surface area contributed by atoms with Gasteiger partial charge in [-0.3, -0.25) is 4.72 Å². The first-order chi connectivity index (χ1) is 9.40. The molecule has 0 bridgehead atoms. The highest BCUT2D eigenvalue weighted by atomic mass is 35.5. The average Bonchev–Trinajstić information content (AvgIpc) is 2.39. The van der Waals surface area contributed by atoms with E-state index in [1.54, 1.807) is 30.3 Å². The molecule has 104 valence electrons. The Morgan fingerprint density at radius 3 is 2.35 bits per heavy atom. The molecule has 0 aliphatic carbocycles. The Bertz CT molecular complexity index is 744. The van der Waals surface area contributed by atoms with Crippen molar-refractivity contribution in [3.8, 4) is 0 Å². The van der Waals surface area contributed by atoms with Crippen LogP contribution < -0.4 is 4.72 Å². The van der Waals surface area contributed by atoms with Gasteiger partial charge in [0.2, 0.25) is 0 Å². The number of carboxylic acid groups (broad SMARTS) is 1. The molecule has 0 aliphatic rings. The van der Waals surface area contributed by atoms with Crippen LogP contribution in [0.2, 0.25) is 5.02 Å². The average molecular weight is 312 g/mol. The van der Waals surface area contributed by atoms with Crippen molar-refractivity contribution in [2.45, 2.75) is 4.90 Å². The smallest absolute Gasteiger partial charge is 0.337 e. The van der Waals surface area contributed by atoms with E-state index >= 15 is 0 Å². The van der Waals surface area contributed by atoms with Crippen molar-refractivity contribution in [3.05, 3.63) is 59.1 Å². The monoisotopic (exact) mass is 311 g/mol. The molecule has 2 aromatic carbocycles. The van der Waals surface area contributed by atoms with Gasteiger partial charge < -0.3 is 5.11 Å². The van der Waals surface area contributed by atoms with E-state index in [-0.39, 0.29) is 15.5 Å². The van der Waals surface area contributed by atoms with Gasteiger partial charge in [0, 0.05) is 5.69 Å². The number of hydrogen-bond donors (Lipinski definition) is 2. The third kappa shape index (κ3) is 3.09. The van der Waals surface area contributed by atoms with Crippen LogP contribution in [0.3, 0.4) is 0 Å². The van der Waals surface area contributed by atoms with Gasteiger partial charge in [0.15, 0.2) is 0 Å². The molecule has 0 atom stereocenters. The van der Waals surface area contributed by atoms with Gasteiger partial charge in [-0.25, -0.2) is 13.2 Å². The summed E-state index contributed by atoms with van der Waals surface area (Å²) in [4.78, 5) is 10.8. The highest BCUT2D eigenvalue weighted by Crippen LogP contribution is 2.22. The molecule has 7 heteroatoms. The lowest BCUT2D eigenvalue weighted by Crippen LogP contribution is -2.13. The molecule has 0 aliphatic heterocycles. The lowest BCUT2D eigenvalue weighted by atomic mass is 10.2. The molecule has 2 N–H and O–H groups in total. The molecule has 2 aromatic rings. The van der Waals surface area contributed by atoms with Gasteiger partial charge in [-0.2, -0.15) is 0 Å². The number of halogens is 1. The molecule has 20 heavy (non-hydrogen) atoms. The second-order valence-electron chi connectivity index (χ2n) is 3.92. The van der Waals surface area contributed by atoms with Gasteiger partial charge in [0.05, 0.1) is 15.5 Å². The van der Waals surface area contributed by atoms with Crippen LogP contribution in [0.25, 0.3) is 0 Å². The highest BCUT2D eigenvalue weighted by Gasteiger charge is 2.18. The molecule has 0 radical (unpaired) electrons. The maximum Gasteiger partial charge on any atom is 0.337 e. The second kappa shape index (κ2) is 5.52. The van der Waals surface area contributed by atoms with E-state index < -0.39 is 16.0 Å². The van der Waals surface area contributed by atoms with Gasteiger partial charge in [-0.1, -0.05) is 29.8 Å². The Kier molecular flexibility index (Phi) is 3.96. The number of rotatable bonds is 4. The van der Waals surface area contributed by atoms with Crippen LogP contribution >= 0.6 is 11.6 Å². The first kappa shape index (κ1) is 14.4. The van der Waals surface area contributed by atoms with Crippen molar-refractivity contribution < 1.29 is 18.3 Å². The second-order valence-corrected chi connectivity index (χ2v) is 6.01. The number of nitrogens with one attached hydrogen (secondary N) is 1. The minimum atomic E-state index is -3.86. The third-order valence-electron chi connectivity index (χ3n) is 2.50. The normalized spacial score (nSPS) is 11.1. The fraction of sp³-hybridized carbons (Fsp3) is 0. The van der Waals surface area contributed by atoms with Crippen LogP contribution in [-0.2, 0) is 10.0 Å². The van der Waals surface area contributed by atoms with Crippen LogP contribution in [0.5, 0.6) is 0 Å². The van der Waals surface area contributed by atoms with Crippen molar-refractivity contribution in [3.63, 3.8) is 0 Å². The van der Waals surface area contributed by atoms with Gasteiger partial charge in [-0.05, 0) is 30.3 Å². The number of benzene rings is 2. The minimum Gasteiger partial charge on any atom is -0.478 e. The zero-order valence-corrected chi connectivity index (χ0v) is 11.6. The molecule has 0 unspecified atom stereocenters. The molecule has 2 rings (SSSR count). The van der Waals surface area contributed by atoms with Gasteiger partial charge in [0.25, 0.3) is 10.0 Å². The van der Waals surface area contributed by atoms with Crippen molar-refractivity contribution in [1.82, 2.24) is 0 Å². The maximum atomic E-state index is 12.1. The molecular formula is C13H10ClNO4S. The van der Waals surface area contributed by atoms with E-state index in [2.05, 4.69) is 4.72 Å². The summed E-state index contributed by atoms with van der Waals surface area (Å²) in [5, 5.41) is 8.93. The van der Waals surface area contributed by atoms with E-state index in [4.69, 9.17) is 16.7 Å². The number of para-hydroxylation sites is 1. The highest BCUT2D eigenvalue weighted by molar-refractivity contribution is 7.92. The molecule has 0 heterocycles. The van der Waals surface area contributed by atoms with Crippen molar-refractivity contribution in [2.75, 3.05) is 4.72 Å². The molecule has 0 spiro atoms. The van der Waals surface area contributed by atoms with Crippen molar-refractivity contribution in [1.29, 1.82) is 0 Å². The molecule has 5 nitrogen and oxygen atoms in total. The number of carbonyl (C=O) groups is 1. The lowest BCUT2D eigenvalue weighted by molar-refractivity contribution is 0.0697. The minimum absolute atomic E-state index is 0.0174. The van der Waals surface area contributed by atoms with Gasteiger partial charge in [0.1, 0.15) is 0 Å². The largest absolute Gasteiger partial charge is 0.478 e. The summed E-state index contributed by atoms with van der Waals surface area (Å²) in [6.45, 7) is 0. The maximum absolute atomic E-state index is 12.1. The number of aromatic carboxylic acids is 1.